The number of aromatic nitrogens is 1. The van der Waals surface area contributed by atoms with Gasteiger partial charge in [-0.1, -0.05) is 60.7 Å². The Bertz CT molecular complexity index is 933. The van der Waals surface area contributed by atoms with Crippen molar-refractivity contribution in [3.05, 3.63) is 66.2 Å². The van der Waals surface area contributed by atoms with Gasteiger partial charge in [-0.05, 0) is 24.0 Å². The van der Waals surface area contributed by atoms with E-state index in [1.165, 1.54) is 0 Å². The molecule has 0 radical (unpaired) electrons. The minimum Gasteiger partial charge on any atom is -0.384 e. The third-order valence-electron chi connectivity index (χ3n) is 4.94. The van der Waals surface area contributed by atoms with Crippen molar-refractivity contribution in [2.24, 2.45) is 0 Å². The average Bonchev–Trinajstić information content (AvgIpc) is 3.30. The third-order valence-corrected chi connectivity index (χ3v) is 4.94. The average molecular weight is 343 g/mol. The molecule has 1 saturated heterocycles. The number of benzene rings is 2. The molecule has 0 aliphatic carbocycles. The minimum atomic E-state index is 0.141. The quantitative estimate of drug-likeness (QED) is 0.761. The fourth-order valence-corrected chi connectivity index (χ4v) is 3.71. The van der Waals surface area contributed by atoms with Crippen molar-refractivity contribution < 1.29 is 4.74 Å². The van der Waals surface area contributed by atoms with Gasteiger partial charge in [0.15, 0.2) is 0 Å². The summed E-state index contributed by atoms with van der Waals surface area (Å²) < 4.78 is 7.89. The van der Waals surface area contributed by atoms with E-state index in [9.17, 15) is 5.26 Å². The second kappa shape index (κ2) is 7.07. The lowest BCUT2D eigenvalue weighted by molar-refractivity contribution is 0.0979. The highest BCUT2D eigenvalue weighted by Crippen LogP contribution is 2.40. The van der Waals surface area contributed by atoms with E-state index in [1.54, 1.807) is 0 Å². The maximum absolute atomic E-state index is 9.83. The minimum absolute atomic E-state index is 0.141. The van der Waals surface area contributed by atoms with Gasteiger partial charge in [-0.25, -0.2) is 0 Å². The van der Waals surface area contributed by atoms with Gasteiger partial charge in [-0.2, -0.15) is 5.26 Å². The molecule has 4 nitrogen and oxygen atoms in total. The van der Waals surface area contributed by atoms with Crippen LogP contribution >= 0.6 is 0 Å². The van der Waals surface area contributed by atoms with Gasteiger partial charge < -0.3 is 15.0 Å². The lowest BCUT2D eigenvalue weighted by Gasteiger charge is -2.17. The summed E-state index contributed by atoms with van der Waals surface area (Å²) in [4.78, 5) is 0. The topological polar surface area (TPSA) is 64.0 Å². The van der Waals surface area contributed by atoms with Crippen LogP contribution in [0, 0.1) is 11.3 Å². The van der Waals surface area contributed by atoms with Crippen LogP contribution in [0.4, 0.5) is 5.82 Å². The molecule has 130 valence electrons. The van der Waals surface area contributed by atoms with Crippen molar-refractivity contribution in [3.8, 4) is 28.5 Å². The monoisotopic (exact) mass is 343 g/mol. The highest BCUT2D eigenvalue weighted by molar-refractivity contribution is 5.90. The molecule has 1 atom stereocenters. The van der Waals surface area contributed by atoms with E-state index >= 15 is 0 Å². The fraction of sp³-hybridized carbons (Fsp3) is 0.227. The molecule has 1 aliphatic rings. The Morgan fingerprint density at radius 3 is 2.27 bits per heavy atom. The van der Waals surface area contributed by atoms with Gasteiger partial charge in [0.05, 0.1) is 18.3 Å². The number of hydrogen-bond acceptors (Lipinski definition) is 3. The first-order valence-electron chi connectivity index (χ1n) is 8.94. The Morgan fingerprint density at radius 2 is 1.69 bits per heavy atom. The van der Waals surface area contributed by atoms with E-state index < -0.39 is 0 Å². The molecule has 3 aromatic rings. The standard InChI is InChI=1S/C22H21N3O/c23-14-19-20(16-8-3-1-4-9-16)21(17-10-5-2-6-11-17)25(22(19)24)15-18-12-7-13-26-18/h1-6,8-11,18H,7,12-13,15,24H2. The molecule has 4 rings (SSSR count). The number of hydrogen-bond donors (Lipinski definition) is 1. The van der Waals surface area contributed by atoms with Crippen LogP contribution in [0.3, 0.4) is 0 Å². The Morgan fingerprint density at radius 1 is 1.04 bits per heavy atom. The van der Waals surface area contributed by atoms with Crippen LogP contribution in [0.25, 0.3) is 22.4 Å². The lowest BCUT2D eigenvalue weighted by Crippen LogP contribution is -2.17. The van der Waals surface area contributed by atoms with Crippen LogP contribution in [-0.2, 0) is 11.3 Å². The Kier molecular flexibility index (Phi) is 4.47. The Hall–Kier alpha value is -3.03. The van der Waals surface area contributed by atoms with Crippen LogP contribution in [0.5, 0.6) is 0 Å². The highest BCUT2D eigenvalue weighted by atomic mass is 16.5. The van der Waals surface area contributed by atoms with Gasteiger partial charge in [-0.15, -0.1) is 0 Å². The van der Waals surface area contributed by atoms with Crippen molar-refractivity contribution in [3.63, 3.8) is 0 Å². The first-order valence-corrected chi connectivity index (χ1v) is 8.94. The number of nitrogens with zero attached hydrogens (tertiary/aromatic N) is 2. The molecule has 26 heavy (non-hydrogen) atoms. The first-order chi connectivity index (χ1) is 12.8. The zero-order valence-corrected chi connectivity index (χ0v) is 14.6. The van der Waals surface area contributed by atoms with E-state index in [-0.39, 0.29) is 6.10 Å². The second-order valence-corrected chi connectivity index (χ2v) is 6.57. The zero-order chi connectivity index (χ0) is 17.9. The van der Waals surface area contributed by atoms with Gasteiger partial charge in [0, 0.05) is 12.2 Å². The molecule has 4 heteroatoms. The smallest absolute Gasteiger partial charge is 0.122 e. The molecular weight excluding hydrogens is 322 g/mol. The first kappa shape index (κ1) is 16.4. The van der Waals surface area contributed by atoms with Crippen molar-refractivity contribution >= 4 is 5.82 Å². The molecule has 1 unspecified atom stereocenters. The summed E-state index contributed by atoms with van der Waals surface area (Å²) in [5, 5.41) is 9.83. The van der Waals surface area contributed by atoms with E-state index in [2.05, 4.69) is 22.8 Å². The number of nitrogens with two attached hydrogens (primary N) is 1. The summed E-state index contributed by atoms with van der Waals surface area (Å²) in [5.41, 5.74) is 10.9. The molecule has 0 saturated carbocycles. The predicted octanol–water partition coefficient (Wildman–Crippen LogP) is 4.45. The molecule has 1 aliphatic heterocycles. The van der Waals surface area contributed by atoms with Crippen molar-refractivity contribution in [1.82, 2.24) is 4.57 Å². The summed E-state index contributed by atoms with van der Waals surface area (Å²) in [6, 6.07) is 22.5. The van der Waals surface area contributed by atoms with E-state index in [4.69, 9.17) is 10.5 Å². The number of anilines is 1. The summed E-state index contributed by atoms with van der Waals surface area (Å²) in [6.07, 6.45) is 2.24. The summed E-state index contributed by atoms with van der Waals surface area (Å²) in [5.74, 6) is 0.515. The highest BCUT2D eigenvalue weighted by Gasteiger charge is 2.26. The van der Waals surface area contributed by atoms with Crippen molar-refractivity contribution in [2.45, 2.75) is 25.5 Å². The summed E-state index contributed by atoms with van der Waals surface area (Å²) in [6.45, 7) is 1.46. The van der Waals surface area contributed by atoms with Crippen molar-refractivity contribution in [2.75, 3.05) is 12.3 Å². The maximum Gasteiger partial charge on any atom is 0.122 e. The van der Waals surface area contributed by atoms with Crippen molar-refractivity contribution in [1.29, 1.82) is 5.26 Å². The number of nitrogen functional groups attached to an aromatic ring is 1. The van der Waals surface area contributed by atoms with Gasteiger partial charge >= 0.3 is 0 Å². The molecule has 0 bridgehead atoms. The van der Waals surface area contributed by atoms with Gasteiger partial charge in [0.2, 0.25) is 0 Å². The molecule has 2 aromatic carbocycles. The van der Waals surface area contributed by atoms with Gasteiger partial charge in [-0.3, -0.25) is 0 Å². The SMILES string of the molecule is N#Cc1c(-c2ccccc2)c(-c2ccccc2)n(CC2CCCO2)c1N. The van der Waals surface area contributed by atoms with E-state index in [1.807, 2.05) is 48.5 Å². The van der Waals surface area contributed by atoms with Gasteiger partial charge in [0.1, 0.15) is 17.5 Å². The molecule has 0 amide bonds. The Balaban J connectivity index is 1.96. The van der Waals surface area contributed by atoms with E-state index in [0.29, 0.717) is 17.9 Å². The maximum atomic E-state index is 9.83. The normalized spacial score (nSPS) is 16.5. The molecule has 1 aromatic heterocycles. The van der Waals surface area contributed by atoms with Crippen LogP contribution in [0.1, 0.15) is 18.4 Å². The second-order valence-electron chi connectivity index (χ2n) is 6.57. The van der Waals surface area contributed by atoms with Crippen LogP contribution in [-0.4, -0.2) is 17.3 Å². The third kappa shape index (κ3) is 2.87. The molecular formula is C22H21N3O. The number of ether oxygens (including phenoxy) is 1. The van der Waals surface area contributed by atoms with Crippen LogP contribution < -0.4 is 5.73 Å². The van der Waals surface area contributed by atoms with Crippen LogP contribution in [0.2, 0.25) is 0 Å². The number of nitriles is 1. The molecule has 2 heterocycles. The Labute approximate surface area is 153 Å². The van der Waals surface area contributed by atoms with Gasteiger partial charge in [0.25, 0.3) is 0 Å². The fourth-order valence-electron chi connectivity index (χ4n) is 3.71. The largest absolute Gasteiger partial charge is 0.384 e. The zero-order valence-electron chi connectivity index (χ0n) is 14.6. The predicted molar refractivity (Wildman–Crippen MR) is 103 cm³/mol. The summed E-state index contributed by atoms with van der Waals surface area (Å²) >= 11 is 0. The number of rotatable bonds is 4. The molecule has 0 spiro atoms. The summed E-state index contributed by atoms with van der Waals surface area (Å²) in [7, 11) is 0. The molecule has 1 fully saturated rings. The molecule has 2 N–H and O–H groups in total. The lowest BCUT2D eigenvalue weighted by atomic mass is 9.98. The van der Waals surface area contributed by atoms with E-state index in [0.717, 1.165) is 41.8 Å². The van der Waals surface area contributed by atoms with Crippen LogP contribution in [0.15, 0.2) is 60.7 Å².